The first-order valence-electron chi connectivity index (χ1n) is 16.3. The minimum absolute atomic E-state index is 0. The van der Waals surface area contributed by atoms with E-state index in [-0.39, 0.29) is 26.5 Å². The molecule has 8 heteroatoms. The van der Waals surface area contributed by atoms with Gasteiger partial charge in [-0.1, -0.05) is 68.8 Å². The fourth-order valence-corrected chi connectivity index (χ4v) is 6.60. The van der Waals surface area contributed by atoms with Crippen LogP contribution in [0.2, 0.25) is 0 Å². The molecule has 0 saturated carbocycles. The first-order valence-corrected chi connectivity index (χ1v) is 16.3. The van der Waals surface area contributed by atoms with Gasteiger partial charge in [0.1, 0.15) is 11.6 Å². The van der Waals surface area contributed by atoms with Crippen molar-refractivity contribution in [2.75, 3.05) is 9.80 Å². The van der Waals surface area contributed by atoms with Crippen molar-refractivity contribution in [2.45, 2.75) is 26.2 Å². The predicted octanol–water partition coefficient (Wildman–Crippen LogP) is 10.2. The first-order chi connectivity index (χ1) is 23.9. The van der Waals surface area contributed by atoms with Gasteiger partial charge in [0.05, 0.1) is 11.9 Å². The van der Waals surface area contributed by atoms with E-state index in [0.29, 0.717) is 11.5 Å². The Kier molecular flexibility index (Phi) is 7.88. The number of hydrogen-bond acceptors (Lipinski definition) is 6. The van der Waals surface area contributed by atoms with Gasteiger partial charge in [0.25, 0.3) is 0 Å². The van der Waals surface area contributed by atoms with Crippen molar-refractivity contribution in [3.8, 4) is 17.3 Å². The number of fused-ring (bicyclic) bond motifs is 5. The van der Waals surface area contributed by atoms with Crippen LogP contribution in [-0.2, 0) is 26.5 Å². The minimum Gasteiger partial charge on any atom is -0.509 e. The topological polar surface area (TPSA) is 59.3 Å². The van der Waals surface area contributed by atoms with Crippen LogP contribution < -0.4 is 14.5 Å². The second kappa shape index (κ2) is 12.4. The normalized spacial score (nSPS) is 12.8. The minimum atomic E-state index is -0.0124. The monoisotopic (exact) mass is 830 g/mol. The number of nitrogens with zero attached hydrogens (tertiary/aromatic N) is 6. The molecule has 0 bridgehead atoms. The Morgan fingerprint density at radius 2 is 1.48 bits per heavy atom. The maximum Gasteiger partial charge on any atom is 0.135 e. The van der Waals surface area contributed by atoms with Crippen LogP contribution in [-0.4, -0.2) is 19.5 Å². The van der Waals surface area contributed by atoms with E-state index in [0.717, 1.165) is 61.3 Å². The molecule has 5 heterocycles. The van der Waals surface area contributed by atoms with E-state index >= 15 is 0 Å². The van der Waals surface area contributed by atoms with Crippen molar-refractivity contribution in [1.82, 2.24) is 19.5 Å². The summed E-state index contributed by atoms with van der Waals surface area (Å²) >= 11 is 0. The Bertz CT molecular complexity index is 2530. The zero-order chi connectivity index (χ0) is 33.1. The van der Waals surface area contributed by atoms with Gasteiger partial charge in [-0.2, -0.15) is 12.1 Å². The Morgan fingerprint density at radius 1 is 0.680 bits per heavy atom. The van der Waals surface area contributed by atoms with Crippen molar-refractivity contribution in [3.63, 3.8) is 0 Å². The van der Waals surface area contributed by atoms with Crippen LogP contribution in [0.25, 0.3) is 38.4 Å². The molecular weight excluding hydrogens is 800 g/mol. The summed E-state index contributed by atoms with van der Waals surface area (Å²) in [6.45, 7) is 8.68. The van der Waals surface area contributed by atoms with Crippen molar-refractivity contribution in [3.05, 3.63) is 152 Å². The molecule has 4 aromatic heterocycles. The molecule has 0 N–H and O–H groups in total. The molecule has 9 rings (SSSR count). The van der Waals surface area contributed by atoms with Gasteiger partial charge in [0.15, 0.2) is 0 Å². The Hall–Kier alpha value is -5.52. The molecule has 0 atom stereocenters. The van der Waals surface area contributed by atoms with Crippen LogP contribution in [0.3, 0.4) is 0 Å². The SMILES string of the molecule is CC(C)(C)c1ccnc(-n2c3[c-]c(Oc4[c-]c(N5[CH-]N(c6nccc7ccccc67)c6cnccc65)ccc4)ccc3c3ccccc32)c1.[Pt]. The van der Waals surface area contributed by atoms with Gasteiger partial charge in [-0.3, -0.25) is 4.98 Å². The summed E-state index contributed by atoms with van der Waals surface area (Å²) in [4.78, 5) is 18.2. The Morgan fingerprint density at radius 3 is 2.36 bits per heavy atom. The average Bonchev–Trinajstić information content (AvgIpc) is 3.67. The number of hydrogen-bond donors (Lipinski definition) is 0. The Labute approximate surface area is 305 Å². The predicted molar refractivity (Wildman–Crippen MR) is 196 cm³/mol. The first kappa shape index (κ1) is 31.7. The molecule has 0 fully saturated rings. The molecule has 248 valence electrons. The summed E-state index contributed by atoms with van der Waals surface area (Å²) in [7, 11) is 0. The zero-order valence-electron chi connectivity index (χ0n) is 27.6. The van der Waals surface area contributed by atoms with E-state index in [4.69, 9.17) is 14.7 Å². The number of rotatable bonds is 5. The van der Waals surface area contributed by atoms with Gasteiger partial charge >= 0.3 is 0 Å². The van der Waals surface area contributed by atoms with Crippen molar-refractivity contribution in [1.29, 1.82) is 0 Å². The second-order valence-corrected chi connectivity index (χ2v) is 13.2. The van der Waals surface area contributed by atoms with Gasteiger partial charge < -0.3 is 19.1 Å². The number of para-hydroxylation sites is 1. The van der Waals surface area contributed by atoms with E-state index in [1.807, 2.05) is 73.8 Å². The van der Waals surface area contributed by atoms with Crippen LogP contribution in [0.1, 0.15) is 26.3 Å². The van der Waals surface area contributed by atoms with Gasteiger partial charge in [-0.15, -0.1) is 48.1 Å². The molecular formula is C42H31N6OPt-3. The number of pyridine rings is 3. The average molecular weight is 831 g/mol. The fraction of sp³-hybridized carbons (Fsp3) is 0.0952. The molecule has 4 aromatic carbocycles. The number of anilines is 4. The number of benzene rings is 4. The van der Waals surface area contributed by atoms with Crippen LogP contribution >= 0.6 is 0 Å². The quantitative estimate of drug-likeness (QED) is 0.161. The smallest absolute Gasteiger partial charge is 0.135 e. The molecule has 1 aliphatic rings. The van der Waals surface area contributed by atoms with Crippen LogP contribution in [0.4, 0.5) is 22.9 Å². The third kappa shape index (κ3) is 5.39. The van der Waals surface area contributed by atoms with Crippen molar-refractivity contribution in [2.24, 2.45) is 0 Å². The maximum absolute atomic E-state index is 6.48. The summed E-state index contributed by atoms with van der Waals surface area (Å²) in [5, 5.41) is 4.40. The van der Waals surface area contributed by atoms with Crippen LogP contribution in [0.5, 0.6) is 11.5 Å². The summed E-state index contributed by atoms with van der Waals surface area (Å²) in [5.41, 5.74) is 5.91. The molecule has 0 aliphatic carbocycles. The van der Waals surface area contributed by atoms with E-state index in [1.165, 1.54) is 5.56 Å². The molecule has 0 saturated heterocycles. The summed E-state index contributed by atoms with van der Waals surface area (Å²) in [6, 6.07) is 42.0. The van der Waals surface area contributed by atoms with E-state index < -0.39 is 0 Å². The van der Waals surface area contributed by atoms with Gasteiger partial charge in [-0.25, -0.2) is 9.97 Å². The van der Waals surface area contributed by atoms with E-state index in [2.05, 4.69) is 107 Å². The molecule has 7 nitrogen and oxygen atoms in total. The third-order valence-electron chi connectivity index (χ3n) is 9.04. The van der Waals surface area contributed by atoms with Gasteiger partial charge in [-0.05, 0) is 52.1 Å². The van der Waals surface area contributed by atoms with Gasteiger partial charge in [0.2, 0.25) is 0 Å². The summed E-state index contributed by atoms with van der Waals surface area (Å²) in [5.74, 6) is 2.86. The maximum atomic E-state index is 6.48. The molecule has 0 radical (unpaired) electrons. The van der Waals surface area contributed by atoms with Crippen molar-refractivity contribution < 1.29 is 25.8 Å². The van der Waals surface area contributed by atoms with Crippen LogP contribution in [0, 0.1) is 18.8 Å². The molecule has 0 spiro atoms. The summed E-state index contributed by atoms with van der Waals surface area (Å²) < 4.78 is 8.66. The molecule has 0 amide bonds. The van der Waals surface area contributed by atoms with Gasteiger partial charge in [0, 0.05) is 67.7 Å². The second-order valence-electron chi connectivity index (χ2n) is 13.2. The Balaban J connectivity index is 0.00000361. The number of ether oxygens (including phenoxy) is 1. The van der Waals surface area contributed by atoms with Crippen molar-refractivity contribution >= 4 is 55.5 Å². The van der Waals surface area contributed by atoms with Crippen LogP contribution in [0.15, 0.2) is 128 Å². The standard InChI is InChI=1S/C42H31N6O.Pt/c1-42(2,3)29-18-22-44-40(23-29)48-36-14-7-6-13-34(36)35-16-15-32(25-38(35)48)49-31-11-8-10-30(24-31)46-27-47(39-26-43-20-19-37(39)46)41-33-12-5-4-9-28(33)17-21-45-41;/h4-23,26-27H,1-3H3;/q-3;. The molecule has 50 heavy (non-hydrogen) atoms. The summed E-state index contributed by atoms with van der Waals surface area (Å²) in [6.07, 6.45) is 7.40. The van der Waals surface area contributed by atoms with E-state index in [1.54, 1.807) is 6.20 Å². The third-order valence-corrected chi connectivity index (χ3v) is 9.04. The molecule has 8 aromatic rings. The molecule has 0 unspecified atom stereocenters. The zero-order valence-corrected chi connectivity index (χ0v) is 29.9. The molecule has 1 aliphatic heterocycles. The fourth-order valence-electron chi connectivity index (χ4n) is 6.60. The van der Waals surface area contributed by atoms with E-state index in [9.17, 15) is 0 Å². The number of aromatic nitrogens is 4. The largest absolute Gasteiger partial charge is 0.509 e.